The fraction of sp³-hybridized carbons (Fsp3) is 0.158. The molecule has 2 aromatic carbocycles. The number of hydrogen-bond donors (Lipinski definition) is 4. The minimum absolute atomic E-state index is 0.0686. The molecule has 3 aromatic rings. The molecule has 0 unspecified atom stereocenters. The number of aromatic carboxylic acids is 1. The Bertz CT molecular complexity index is 925. The Labute approximate surface area is 155 Å². The average molecular weight is 371 g/mol. The topological polar surface area (TPSA) is 118 Å². The number of anilines is 1. The molecular weight excluding hydrogens is 352 g/mol. The minimum Gasteiger partial charge on any atom is -0.478 e. The van der Waals surface area contributed by atoms with Crippen LogP contribution in [0.4, 0.5) is 5.69 Å². The van der Waals surface area contributed by atoms with Crippen LogP contribution in [0.25, 0.3) is 0 Å². The maximum atomic E-state index is 11.2. The molecule has 0 spiro atoms. The summed E-state index contributed by atoms with van der Waals surface area (Å²) in [4.78, 5) is 18.7. The van der Waals surface area contributed by atoms with E-state index in [0.717, 1.165) is 11.1 Å². The van der Waals surface area contributed by atoms with E-state index in [1.165, 1.54) is 0 Å². The Morgan fingerprint density at radius 3 is 2.62 bits per heavy atom. The number of halogens is 1. The lowest BCUT2D eigenvalue weighted by atomic mass is 10.0. The second-order valence-electron chi connectivity index (χ2n) is 6.09. The van der Waals surface area contributed by atoms with Gasteiger partial charge in [0.25, 0.3) is 0 Å². The van der Waals surface area contributed by atoms with Crippen molar-refractivity contribution in [3.05, 3.63) is 81.9 Å². The van der Waals surface area contributed by atoms with E-state index in [9.17, 15) is 9.90 Å². The van der Waals surface area contributed by atoms with Crippen LogP contribution < -0.4 is 11.5 Å². The summed E-state index contributed by atoms with van der Waals surface area (Å²) in [5.74, 6) is -0.464. The summed E-state index contributed by atoms with van der Waals surface area (Å²) in [6.07, 6.45) is 1.04. The van der Waals surface area contributed by atoms with Gasteiger partial charge in [0.05, 0.1) is 17.3 Å². The van der Waals surface area contributed by atoms with E-state index in [4.69, 9.17) is 23.1 Å². The monoisotopic (exact) mass is 370 g/mol. The van der Waals surface area contributed by atoms with Crippen molar-refractivity contribution in [2.75, 3.05) is 5.73 Å². The van der Waals surface area contributed by atoms with Crippen molar-refractivity contribution in [1.29, 1.82) is 0 Å². The van der Waals surface area contributed by atoms with E-state index in [2.05, 4.69) is 9.97 Å². The van der Waals surface area contributed by atoms with Crippen molar-refractivity contribution in [2.24, 2.45) is 5.73 Å². The number of nitrogens with one attached hydrogen (secondary N) is 1. The first-order valence-electron chi connectivity index (χ1n) is 8.09. The molecular formula is C19H19ClN4O2. The number of carboxylic acid groups (broad SMARTS) is 1. The number of benzene rings is 2. The Morgan fingerprint density at radius 2 is 1.92 bits per heavy atom. The summed E-state index contributed by atoms with van der Waals surface area (Å²) in [7, 11) is 0. The van der Waals surface area contributed by atoms with Crippen molar-refractivity contribution in [3.63, 3.8) is 0 Å². The van der Waals surface area contributed by atoms with Crippen LogP contribution in [0.1, 0.15) is 39.0 Å². The maximum absolute atomic E-state index is 11.2. The molecule has 0 fully saturated rings. The zero-order valence-corrected chi connectivity index (χ0v) is 14.7. The van der Waals surface area contributed by atoms with Crippen molar-refractivity contribution in [2.45, 2.75) is 18.9 Å². The van der Waals surface area contributed by atoms with E-state index < -0.39 is 5.97 Å². The van der Waals surface area contributed by atoms with Gasteiger partial charge in [-0.1, -0.05) is 48.0 Å². The number of carboxylic acids is 1. The number of H-pyrrole nitrogens is 1. The molecule has 0 bridgehead atoms. The molecule has 0 amide bonds. The standard InChI is InChI=1S/C19H19ClN4O2/c20-17-16(10-12-6-7-14(21)13(8-12)19(25)26)23-18(24-17)15(22)9-11-4-2-1-3-5-11/h1-8,15H,9-10,21-22H2,(H,23,24)(H,25,26)/t15-/m0/s1. The number of imidazole rings is 1. The van der Waals surface area contributed by atoms with Gasteiger partial charge in [-0.25, -0.2) is 9.78 Å². The van der Waals surface area contributed by atoms with Crippen molar-refractivity contribution >= 4 is 23.3 Å². The lowest BCUT2D eigenvalue weighted by Gasteiger charge is -2.08. The van der Waals surface area contributed by atoms with Gasteiger partial charge in [-0.2, -0.15) is 0 Å². The fourth-order valence-electron chi connectivity index (χ4n) is 2.77. The minimum atomic E-state index is -1.06. The molecule has 0 aliphatic rings. The lowest BCUT2D eigenvalue weighted by Crippen LogP contribution is -2.15. The molecule has 1 aromatic heterocycles. The highest BCUT2D eigenvalue weighted by Gasteiger charge is 2.16. The quantitative estimate of drug-likeness (QED) is 0.497. The summed E-state index contributed by atoms with van der Waals surface area (Å²) in [5.41, 5.74) is 14.8. The molecule has 26 heavy (non-hydrogen) atoms. The van der Waals surface area contributed by atoms with E-state index >= 15 is 0 Å². The van der Waals surface area contributed by atoms with Crippen molar-refractivity contribution < 1.29 is 9.90 Å². The zero-order chi connectivity index (χ0) is 18.7. The van der Waals surface area contributed by atoms with Crippen LogP contribution in [0, 0.1) is 0 Å². The summed E-state index contributed by atoms with van der Waals surface area (Å²) in [6.45, 7) is 0. The molecule has 0 aliphatic carbocycles. The first kappa shape index (κ1) is 18.0. The van der Waals surface area contributed by atoms with Crippen LogP contribution in [-0.4, -0.2) is 21.0 Å². The number of hydrogen-bond acceptors (Lipinski definition) is 4. The van der Waals surface area contributed by atoms with Crippen LogP contribution in [0.2, 0.25) is 5.15 Å². The highest BCUT2D eigenvalue weighted by Crippen LogP contribution is 2.23. The van der Waals surface area contributed by atoms with Crippen LogP contribution in [0.5, 0.6) is 0 Å². The van der Waals surface area contributed by atoms with Crippen LogP contribution in [0.3, 0.4) is 0 Å². The Hall–Kier alpha value is -2.83. The molecule has 134 valence electrons. The van der Waals surface area contributed by atoms with Crippen LogP contribution in [0.15, 0.2) is 48.5 Å². The molecule has 1 atom stereocenters. The predicted octanol–water partition coefficient (Wildman–Crippen LogP) is 3.18. The van der Waals surface area contributed by atoms with Gasteiger partial charge < -0.3 is 21.6 Å². The molecule has 0 radical (unpaired) electrons. The summed E-state index contributed by atoms with van der Waals surface area (Å²) < 4.78 is 0. The number of carbonyl (C=O) groups is 1. The Morgan fingerprint density at radius 1 is 1.19 bits per heavy atom. The smallest absolute Gasteiger partial charge is 0.337 e. The fourth-order valence-corrected chi connectivity index (χ4v) is 2.97. The molecule has 0 aliphatic heterocycles. The summed E-state index contributed by atoms with van der Waals surface area (Å²) in [6, 6.07) is 14.5. The van der Waals surface area contributed by atoms with Crippen molar-refractivity contribution in [3.8, 4) is 0 Å². The molecule has 1 heterocycles. The average Bonchev–Trinajstić information content (AvgIpc) is 2.98. The van der Waals surface area contributed by atoms with Gasteiger partial charge in [0.2, 0.25) is 0 Å². The second-order valence-corrected chi connectivity index (χ2v) is 6.45. The molecule has 6 nitrogen and oxygen atoms in total. The summed E-state index contributed by atoms with van der Waals surface area (Å²) >= 11 is 6.24. The third-order valence-corrected chi connectivity index (χ3v) is 4.44. The molecule has 3 rings (SSSR count). The summed E-state index contributed by atoms with van der Waals surface area (Å²) in [5, 5.41) is 9.52. The normalized spacial score (nSPS) is 12.1. The van der Waals surface area contributed by atoms with Gasteiger partial charge in [0.1, 0.15) is 5.82 Å². The van der Waals surface area contributed by atoms with Crippen LogP contribution in [-0.2, 0) is 12.8 Å². The second kappa shape index (κ2) is 7.59. The molecule has 0 saturated carbocycles. The van der Waals surface area contributed by atoms with Gasteiger partial charge in [-0.05, 0) is 29.7 Å². The lowest BCUT2D eigenvalue weighted by molar-refractivity contribution is 0.0698. The number of rotatable bonds is 6. The van der Waals surface area contributed by atoms with Gasteiger partial charge in [-0.15, -0.1) is 0 Å². The van der Waals surface area contributed by atoms with Gasteiger partial charge in [0.15, 0.2) is 5.15 Å². The number of aromatic nitrogens is 2. The third-order valence-electron chi connectivity index (χ3n) is 4.13. The first-order valence-corrected chi connectivity index (χ1v) is 8.47. The maximum Gasteiger partial charge on any atom is 0.337 e. The molecule has 0 saturated heterocycles. The Kier molecular flexibility index (Phi) is 5.25. The van der Waals surface area contributed by atoms with E-state index in [1.807, 2.05) is 30.3 Å². The highest BCUT2D eigenvalue weighted by molar-refractivity contribution is 6.30. The largest absolute Gasteiger partial charge is 0.478 e. The number of nitrogens with zero attached hydrogens (tertiary/aromatic N) is 1. The van der Waals surface area contributed by atoms with Crippen LogP contribution >= 0.6 is 11.6 Å². The molecule has 6 N–H and O–H groups in total. The van der Waals surface area contributed by atoms with Gasteiger partial charge >= 0.3 is 5.97 Å². The third kappa shape index (κ3) is 4.04. The van der Waals surface area contributed by atoms with Gasteiger partial charge in [-0.3, -0.25) is 0 Å². The molecule has 7 heteroatoms. The van der Waals surface area contributed by atoms with Gasteiger partial charge in [0, 0.05) is 12.1 Å². The van der Waals surface area contributed by atoms with E-state index in [1.54, 1.807) is 18.2 Å². The SMILES string of the molecule is Nc1ccc(Cc2[nH]c([C@@H](N)Cc3ccccc3)nc2Cl)cc1C(=O)O. The van der Waals surface area contributed by atoms with E-state index in [-0.39, 0.29) is 17.3 Å². The number of aromatic amines is 1. The number of nitrogen functional groups attached to an aromatic ring is 1. The van der Waals surface area contributed by atoms with Crippen molar-refractivity contribution in [1.82, 2.24) is 9.97 Å². The Balaban J connectivity index is 1.78. The predicted molar refractivity (Wildman–Crippen MR) is 101 cm³/mol. The van der Waals surface area contributed by atoms with E-state index in [0.29, 0.717) is 29.5 Å². The first-order chi connectivity index (χ1) is 12.4. The highest BCUT2D eigenvalue weighted by atomic mass is 35.5. The number of nitrogens with two attached hydrogens (primary N) is 2. The zero-order valence-electron chi connectivity index (χ0n) is 13.9.